The number of hydrogen-bond donors (Lipinski definition) is 0. The van der Waals surface area contributed by atoms with Gasteiger partial charge in [0.2, 0.25) is 10.0 Å². The van der Waals surface area contributed by atoms with Crippen LogP contribution in [-0.4, -0.2) is 47.2 Å². The first-order chi connectivity index (χ1) is 15.9. The van der Waals surface area contributed by atoms with Crippen LogP contribution < -0.4 is 14.2 Å². The molecule has 0 aliphatic rings. The van der Waals surface area contributed by atoms with Crippen LogP contribution >= 0.6 is 0 Å². The molecular formula is C25H29NO6S. The molecule has 0 aliphatic heterocycles. The molecule has 3 aromatic carbocycles. The summed E-state index contributed by atoms with van der Waals surface area (Å²) in [5.74, 6) is 1.73. The highest BCUT2D eigenvalue weighted by Gasteiger charge is 2.21. The van der Waals surface area contributed by atoms with Crippen molar-refractivity contribution in [3.63, 3.8) is 0 Å². The van der Waals surface area contributed by atoms with Gasteiger partial charge in [0.05, 0.1) is 18.6 Å². The zero-order valence-electron chi connectivity index (χ0n) is 19.1. The van der Waals surface area contributed by atoms with Gasteiger partial charge in [-0.05, 0) is 47.5 Å². The molecule has 0 fully saturated rings. The number of nitrogens with zero attached hydrogens (tertiary/aromatic N) is 1. The highest BCUT2D eigenvalue weighted by atomic mass is 32.2. The molecule has 3 rings (SSSR count). The minimum atomic E-state index is -3.67. The Morgan fingerprint density at radius 3 is 2.18 bits per heavy atom. The Hall–Kier alpha value is -3.07. The van der Waals surface area contributed by atoms with Crippen molar-refractivity contribution in [2.45, 2.75) is 18.0 Å². The van der Waals surface area contributed by atoms with Gasteiger partial charge in [0.15, 0.2) is 11.5 Å². The summed E-state index contributed by atoms with van der Waals surface area (Å²) in [5, 5.41) is 0. The van der Waals surface area contributed by atoms with Crippen LogP contribution in [0.1, 0.15) is 11.1 Å². The summed E-state index contributed by atoms with van der Waals surface area (Å²) in [6.07, 6.45) is 0. The van der Waals surface area contributed by atoms with Crippen LogP contribution in [-0.2, 0) is 27.9 Å². The van der Waals surface area contributed by atoms with Crippen molar-refractivity contribution in [2.24, 2.45) is 0 Å². The minimum absolute atomic E-state index is 0.184. The van der Waals surface area contributed by atoms with Crippen molar-refractivity contribution >= 4 is 10.0 Å². The standard InChI is InChI=1S/C25H29NO6S/c1-26(33(27,28)23-12-10-22(11-13-23)31-16-15-29-2)18-21-9-14-24(25(17-21)30-3)32-19-20-7-5-4-6-8-20/h4-14,17H,15-16,18-19H2,1-3H3. The predicted molar refractivity (Wildman–Crippen MR) is 126 cm³/mol. The Labute approximate surface area is 195 Å². The Bertz CT molecular complexity index is 1120. The number of hydrogen-bond acceptors (Lipinski definition) is 6. The van der Waals surface area contributed by atoms with Gasteiger partial charge >= 0.3 is 0 Å². The molecule has 0 radical (unpaired) electrons. The van der Waals surface area contributed by atoms with Crippen molar-refractivity contribution in [1.29, 1.82) is 0 Å². The average molecular weight is 472 g/mol. The molecule has 7 nitrogen and oxygen atoms in total. The largest absolute Gasteiger partial charge is 0.493 e. The SMILES string of the molecule is COCCOc1ccc(S(=O)(=O)N(C)Cc2ccc(OCc3ccccc3)c(OC)c2)cc1. The van der Waals surface area contributed by atoms with E-state index in [4.69, 9.17) is 18.9 Å². The normalized spacial score (nSPS) is 11.4. The first kappa shape index (κ1) is 24.6. The highest BCUT2D eigenvalue weighted by molar-refractivity contribution is 7.89. The van der Waals surface area contributed by atoms with Gasteiger partial charge in [0.1, 0.15) is 19.0 Å². The quantitative estimate of drug-likeness (QED) is 0.370. The Morgan fingerprint density at radius 1 is 0.788 bits per heavy atom. The second-order valence-electron chi connectivity index (χ2n) is 7.33. The molecular weight excluding hydrogens is 442 g/mol. The van der Waals surface area contributed by atoms with E-state index in [1.807, 2.05) is 36.4 Å². The van der Waals surface area contributed by atoms with E-state index in [2.05, 4.69) is 0 Å². The molecule has 0 bridgehead atoms. The first-order valence-corrected chi connectivity index (χ1v) is 11.9. The molecule has 0 spiro atoms. The lowest BCUT2D eigenvalue weighted by Crippen LogP contribution is -2.26. The Morgan fingerprint density at radius 2 is 1.52 bits per heavy atom. The summed E-state index contributed by atoms with van der Waals surface area (Å²) in [6.45, 7) is 1.46. The third kappa shape index (κ3) is 6.71. The molecule has 0 aromatic heterocycles. The predicted octanol–water partition coefficient (Wildman–Crippen LogP) is 4.12. The van der Waals surface area contributed by atoms with Gasteiger partial charge in [-0.3, -0.25) is 0 Å². The zero-order valence-corrected chi connectivity index (χ0v) is 19.9. The van der Waals surface area contributed by atoms with E-state index in [0.29, 0.717) is 37.1 Å². The molecule has 0 atom stereocenters. The first-order valence-electron chi connectivity index (χ1n) is 10.5. The second-order valence-corrected chi connectivity index (χ2v) is 9.38. The van der Waals surface area contributed by atoms with Gasteiger partial charge in [0.25, 0.3) is 0 Å². The topological polar surface area (TPSA) is 74.3 Å². The fourth-order valence-corrected chi connectivity index (χ4v) is 4.30. The molecule has 176 valence electrons. The van der Waals surface area contributed by atoms with Gasteiger partial charge < -0.3 is 18.9 Å². The molecule has 0 saturated heterocycles. The van der Waals surface area contributed by atoms with E-state index in [1.165, 1.54) is 16.4 Å². The maximum atomic E-state index is 13.0. The van der Waals surface area contributed by atoms with E-state index in [-0.39, 0.29) is 11.4 Å². The molecule has 0 saturated carbocycles. The van der Waals surface area contributed by atoms with Crippen LogP contribution in [0.5, 0.6) is 17.2 Å². The van der Waals surface area contributed by atoms with Gasteiger partial charge in [0, 0.05) is 20.7 Å². The van der Waals surface area contributed by atoms with Crippen molar-refractivity contribution in [2.75, 3.05) is 34.5 Å². The zero-order chi connectivity index (χ0) is 23.7. The summed E-state index contributed by atoms with van der Waals surface area (Å²) in [4.78, 5) is 0.193. The molecule has 0 heterocycles. The molecule has 33 heavy (non-hydrogen) atoms. The molecule has 3 aromatic rings. The lowest BCUT2D eigenvalue weighted by molar-refractivity contribution is 0.146. The fraction of sp³-hybridized carbons (Fsp3) is 0.280. The van der Waals surface area contributed by atoms with Gasteiger partial charge in [-0.25, -0.2) is 8.42 Å². The number of ether oxygens (including phenoxy) is 4. The molecule has 0 N–H and O–H groups in total. The Balaban J connectivity index is 1.66. The maximum Gasteiger partial charge on any atom is 0.243 e. The van der Waals surface area contributed by atoms with Gasteiger partial charge in [-0.15, -0.1) is 0 Å². The van der Waals surface area contributed by atoms with Crippen molar-refractivity contribution in [1.82, 2.24) is 4.31 Å². The fourth-order valence-electron chi connectivity index (χ4n) is 3.14. The van der Waals surface area contributed by atoms with Gasteiger partial charge in [-0.1, -0.05) is 36.4 Å². The number of sulfonamides is 1. The second kappa shape index (κ2) is 11.7. The number of rotatable bonds is 12. The smallest absolute Gasteiger partial charge is 0.243 e. The average Bonchev–Trinajstić information content (AvgIpc) is 2.84. The summed E-state index contributed by atoms with van der Waals surface area (Å²) in [5.41, 5.74) is 1.83. The third-order valence-corrected chi connectivity index (χ3v) is 6.78. The summed E-state index contributed by atoms with van der Waals surface area (Å²) in [6, 6.07) is 21.6. The summed E-state index contributed by atoms with van der Waals surface area (Å²) in [7, 11) is 1.03. The maximum absolute atomic E-state index is 13.0. The molecule has 0 aliphatic carbocycles. The van der Waals surface area contributed by atoms with Crippen LogP contribution in [0.15, 0.2) is 77.7 Å². The lowest BCUT2D eigenvalue weighted by atomic mass is 10.2. The van der Waals surface area contributed by atoms with Crippen LogP contribution in [0.25, 0.3) is 0 Å². The minimum Gasteiger partial charge on any atom is -0.493 e. The van der Waals surface area contributed by atoms with E-state index < -0.39 is 10.0 Å². The molecule has 8 heteroatoms. The van der Waals surface area contributed by atoms with Crippen molar-refractivity contribution in [3.8, 4) is 17.2 Å². The monoisotopic (exact) mass is 471 g/mol. The van der Waals surface area contributed by atoms with E-state index in [9.17, 15) is 8.42 Å². The Kier molecular flexibility index (Phi) is 8.71. The van der Waals surface area contributed by atoms with E-state index in [1.54, 1.807) is 45.5 Å². The van der Waals surface area contributed by atoms with Crippen molar-refractivity contribution < 1.29 is 27.4 Å². The number of benzene rings is 3. The lowest BCUT2D eigenvalue weighted by Gasteiger charge is -2.19. The van der Waals surface area contributed by atoms with Crippen molar-refractivity contribution in [3.05, 3.63) is 83.9 Å². The van der Waals surface area contributed by atoms with Crippen LogP contribution in [0.3, 0.4) is 0 Å². The highest BCUT2D eigenvalue weighted by Crippen LogP contribution is 2.30. The van der Waals surface area contributed by atoms with Crippen LogP contribution in [0, 0.1) is 0 Å². The van der Waals surface area contributed by atoms with Gasteiger partial charge in [-0.2, -0.15) is 4.31 Å². The van der Waals surface area contributed by atoms with Crippen LogP contribution in [0.2, 0.25) is 0 Å². The number of methoxy groups -OCH3 is 2. The van der Waals surface area contributed by atoms with Crippen LogP contribution in [0.4, 0.5) is 0 Å². The third-order valence-electron chi connectivity index (χ3n) is 4.96. The summed E-state index contributed by atoms with van der Waals surface area (Å²) >= 11 is 0. The molecule has 0 unspecified atom stereocenters. The van der Waals surface area contributed by atoms with E-state index in [0.717, 1.165) is 11.1 Å². The van der Waals surface area contributed by atoms with E-state index >= 15 is 0 Å². The molecule has 0 amide bonds. The summed E-state index contributed by atoms with van der Waals surface area (Å²) < 4.78 is 49.1.